The van der Waals surface area contributed by atoms with E-state index in [0.717, 1.165) is 6.33 Å². The summed E-state index contributed by atoms with van der Waals surface area (Å²) in [5, 5.41) is 9.52. The summed E-state index contributed by atoms with van der Waals surface area (Å²) in [5.74, 6) is 0.101. The molecule has 0 unspecified atom stereocenters. The zero-order chi connectivity index (χ0) is 9.26. The largest absolute Gasteiger partial charge is 0.335 e. The number of halogens is 2. The van der Waals surface area contributed by atoms with Gasteiger partial charge in [0.2, 0.25) is 0 Å². The van der Waals surface area contributed by atoms with Crippen LogP contribution in [0.3, 0.4) is 0 Å². The summed E-state index contributed by atoms with van der Waals surface area (Å²) in [7, 11) is 0. The van der Waals surface area contributed by atoms with Crippen LogP contribution in [0.5, 0.6) is 0 Å². The molecule has 2 aromatic heterocycles. The smallest absolute Gasteiger partial charge is 0.285 e. The van der Waals surface area contributed by atoms with Crippen LogP contribution in [0.4, 0.5) is 8.78 Å². The summed E-state index contributed by atoms with van der Waals surface area (Å²) in [5.41, 5.74) is 0.484. The molecule has 0 spiro atoms. The summed E-state index contributed by atoms with van der Waals surface area (Å²) in [4.78, 5) is 3.69. The Labute approximate surface area is 71.4 Å². The fraction of sp³-hybridized carbons (Fsp3) is 0.167. The third kappa shape index (κ3) is 1.28. The molecule has 0 saturated carbocycles. The normalized spacial score (nSPS) is 11.0. The molecule has 0 aromatic carbocycles. The lowest BCUT2D eigenvalue weighted by atomic mass is 10.3. The second-order valence-electron chi connectivity index (χ2n) is 2.29. The molecule has 2 aromatic rings. The van der Waals surface area contributed by atoms with Crippen molar-refractivity contribution in [2.75, 3.05) is 0 Å². The number of hydrogen-bond acceptors (Lipinski definition) is 3. The molecule has 0 fully saturated rings. The fourth-order valence-electron chi connectivity index (χ4n) is 0.973. The highest BCUT2D eigenvalue weighted by atomic mass is 19.3. The first-order valence-electron chi connectivity index (χ1n) is 3.46. The molecule has 0 saturated heterocycles. The van der Waals surface area contributed by atoms with E-state index < -0.39 is 6.55 Å². The molecule has 0 amide bonds. The summed E-state index contributed by atoms with van der Waals surface area (Å²) >= 11 is 0. The van der Waals surface area contributed by atoms with Crippen LogP contribution in [-0.2, 0) is 0 Å². The number of rotatable bonds is 2. The zero-order valence-electron chi connectivity index (χ0n) is 6.35. The minimum atomic E-state index is -2.69. The topological polar surface area (TPSA) is 59.4 Å². The van der Waals surface area contributed by atoms with Gasteiger partial charge in [0.25, 0.3) is 0 Å². The van der Waals surface area contributed by atoms with Crippen molar-refractivity contribution in [3.63, 3.8) is 0 Å². The first-order valence-corrected chi connectivity index (χ1v) is 3.46. The van der Waals surface area contributed by atoms with Gasteiger partial charge in [0, 0.05) is 6.20 Å². The van der Waals surface area contributed by atoms with Crippen molar-refractivity contribution >= 4 is 0 Å². The third-order valence-corrected chi connectivity index (χ3v) is 1.51. The molecule has 7 heteroatoms. The van der Waals surface area contributed by atoms with Crippen molar-refractivity contribution in [3.8, 4) is 11.4 Å². The number of nitrogens with one attached hydrogen (secondary N) is 1. The summed E-state index contributed by atoms with van der Waals surface area (Å²) in [6.45, 7) is -2.69. The molecule has 0 aliphatic heterocycles. The SMILES string of the molecule is FC(F)n1ncnc1-c1cn[nH]c1. The lowest BCUT2D eigenvalue weighted by Gasteiger charge is -2.00. The van der Waals surface area contributed by atoms with Gasteiger partial charge in [-0.2, -0.15) is 23.7 Å². The van der Waals surface area contributed by atoms with Gasteiger partial charge >= 0.3 is 6.55 Å². The Morgan fingerprint density at radius 2 is 2.31 bits per heavy atom. The van der Waals surface area contributed by atoms with E-state index in [0.29, 0.717) is 10.2 Å². The monoisotopic (exact) mass is 185 g/mol. The van der Waals surface area contributed by atoms with Crippen LogP contribution in [0, 0.1) is 0 Å². The van der Waals surface area contributed by atoms with Crippen molar-refractivity contribution in [1.82, 2.24) is 25.0 Å². The highest BCUT2D eigenvalue weighted by Gasteiger charge is 2.14. The first kappa shape index (κ1) is 7.84. The van der Waals surface area contributed by atoms with E-state index in [-0.39, 0.29) is 5.82 Å². The van der Waals surface area contributed by atoms with Crippen LogP contribution in [0.15, 0.2) is 18.7 Å². The van der Waals surface area contributed by atoms with E-state index in [1.54, 1.807) is 0 Å². The molecule has 0 bridgehead atoms. The highest BCUT2D eigenvalue weighted by molar-refractivity contribution is 5.51. The van der Waals surface area contributed by atoms with Gasteiger partial charge in [0.1, 0.15) is 6.33 Å². The van der Waals surface area contributed by atoms with Gasteiger partial charge in [-0.1, -0.05) is 0 Å². The van der Waals surface area contributed by atoms with Crippen LogP contribution in [0.25, 0.3) is 11.4 Å². The van der Waals surface area contributed by atoms with Crippen LogP contribution < -0.4 is 0 Å². The lowest BCUT2D eigenvalue weighted by molar-refractivity contribution is 0.0582. The quantitative estimate of drug-likeness (QED) is 0.761. The van der Waals surface area contributed by atoms with Crippen molar-refractivity contribution in [1.29, 1.82) is 0 Å². The van der Waals surface area contributed by atoms with Crippen molar-refractivity contribution < 1.29 is 8.78 Å². The maximum Gasteiger partial charge on any atom is 0.335 e. The molecule has 0 atom stereocenters. The Bertz CT molecular complexity index is 379. The zero-order valence-corrected chi connectivity index (χ0v) is 6.35. The number of aromatic amines is 1. The molecule has 0 radical (unpaired) electrons. The Balaban J connectivity index is 2.46. The average Bonchev–Trinajstić information content (AvgIpc) is 2.74. The van der Waals surface area contributed by atoms with Crippen molar-refractivity contribution in [3.05, 3.63) is 18.7 Å². The maximum absolute atomic E-state index is 12.3. The van der Waals surface area contributed by atoms with Gasteiger partial charge in [0.05, 0.1) is 11.8 Å². The second kappa shape index (κ2) is 2.92. The fourth-order valence-corrected chi connectivity index (χ4v) is 0.973. The van der Waals surface area contributed by atoms with E-state index in [1.807, 2.05) is 0 Å². The predicted molar refractivity (Wildman–Crippen MR) is 38.9 cm³/mol. The molecule has 5 nitrogen and oxygen atoms in total. The molecule has 2 rings (SSSR count). The van der Waals surface area contributed by atoms with Gasteiger partial charge in [-0.3, -0.25) is 5.10 Å². The Kier molecular flexibility index (Phi) is 1.76. The average molecular weight is 185 g/mol. The second-order valence-corrected chi connectivity index (χ2v) is 2.29. The number of alkyl halides is 2. The van der Waals surface area contributed by atoms with Crippen LogP contribution in [0.1, 0.15) is 6.55 Å². The van der Waals surface area contributed by atoms with Crippen LogP contribution in [-0.4, -0.2) is 25.0 Å². The maximum atomic E-state index is 12.3. The Morgan fingerprint density at radius 1 is 1.46 bits per heavy atom. The van der Waals surface area contributed by atoms with E-state index >= 15 is 0 Å². The molecular weight excluding hydrogens is 180 g/mol. The number of nitrogens with zero attached hydrogens (tertiary/aromatic N) is 4. The van der Waals surface area contributed by atoms with E-state index in [4.69, 9.17) is 0 Å². The minimum Gasteiger partial charge on any atom is -0.285 e. The van der Waals surface area contributed by atoms with Gasteiger partial charge in [0.15, 0.2) is 5.82 Å². The Morgan fingerprint density at radius 3 is 2.92 bits per heavy atom. The van der Waals surface area contributed by atoms with Gasteiger partial charge in [-0.05, 0) is 0 Å². The Hall–Kier alpha value is -1.79. The van der Waals surface area contributed by atoms with Gasteiger partial charge < -0.3 is 0 Å². The molecule has 68 valence electrons. The summed E-state index contributed by atoms with van der Waals surface area (Å²) in [6, 6.07) is 0. The summed E-state index contributed by atoms with van der Waals surface area (Å²) < 4.78 is 25.1. The minimum absolute atomic E-state index is 0.101. The molecule has 0 aliphatic rings. The lowest BCUT2D eigenvalue weighted by Crippen LogP contribution is -2.02. The highest BCUT2D eigenvalue weighted by Crippen LogP contribution is 2.19. The number of aromatic nitrogens is 5. The summed E-state index contributed by atoms with van der Waals surface area (Å²) in [6.07, 6.45) is 3.96. The standard InChI is InChI=1S/C6H5F2N5/c7-6(8)13-5(9-3-12-13)4-1-10-11-2-4/h1-3,6H,(H,10,11). The first-order chi connectivity index (χ1) is 6.29. The molecule has 13 heavy (non-hydrogen) atoms. The van der Waals surface area contributed by atoms with Gasteiger partial charge in [-0.15, -0.1) is 0 Å². The van der Waals surface area contributed by atoms with Crippen molar-refractivity contribution in [2.45, 2.75) is 6.55 Å². The van der Waals surface area contributed by atoms with Gasteiger partial charge in [-0.25, -0.2) is 4.98 Å². The number of hydrogen-bond donors (Lipinski definition) is 1. The molecule has 2 heterocycles. The van der Waals surface area contributed by atoms with E-state index in [2.05, 4.69) is 20.3 Å². The molecule has 0 aliphatic carbocycles. The van der Waals surface area contributed by atoms with Crippen LogP contribution in [0.2, 0.25) is 0 Å². The molecular formula is C6H5F2N5. The van der Waals surface area contributed by atoms with Crippen molar-refractivity contribution in [2.24, 2.45) is 0 Å². The number of H-pyrrole nitrogens is 1. The van der Waals surface area contributed by atoms with Crippen LogP contribution >= 0.6 is 0 Å². The van der Waals surface area contributed by atoms with E-state index in [9.17, 15) is 8.78 Å². The predicted octanol–water partition coefficient (Wildman–Crippen LogP) is 1.06. The van der Waals surface area contributed by atoms with E-state index in [1.165, 1.54) is 12.4 Å². The third-order valence-electron chi connectivity index (χ3n) is 1.51. The molecule has 1 N–H and O–H groups in total.